The minimum absolute atomic E-state index is 0.116. The standard InChI is InChI=1S/C21H21ClN4O2S/c22-17-8-2-1-7-16(17)15-29(27,28)26-14-6-10-19(26)18-9-5-12-21(24-18)25-20-11-3-4-13-23-20/h1-5,7-9,11-13,19H,6,10,14-15H2,(H,23,24,25)/t19-/m0/s1. The van der Waals surface area contributed by atoms with Gasteiger partial charge in [0, 0.05) is 17.8 Å². The molecule has 0 saturated carbocycles. The first kappa shape index (κ1) is 19.8. The molecule has 1 N–H and O–H groups in total. The Labute approximate surface area is 175 Å². The molecule has 3 heterocycles. The van der Waals surface area contributed by atoms with Crippen molar-refractivity contribution in [3.8, 4) is 0 Å². The van der Waals surface area contributed by atoms with Crippen molar-refractivity contribution in [3.63, 3.8) is 0 Å². The van der Waals surface area contributed by atoms with Crippen molar-refractivity contribution in [1.82, 2.24) is 14.3 Å². The summed E-state index contributed by atoms with van der Waals surface area (Å²) in [6, 6.07) is 17.9. The van der Waals surface area contributed by atoms with E-state index in [4.69, 9.17) is 11.6 Å². The van der Waals surface area contributed by atoms with Gasteiger partial charge in [0.05, 0.1) is 17.5 Å². The minimum atomic E-state index is -3.53. The monoisotopic (exact) mass is 428 g/mol. The molecule has 0 amide bonds. The zero-order valence-corrected chi connectivity index (χ0v) is 17.3. The summed E-state index contributed by atoms with van der Waals surface area (Å²) in [6.45, 7) is 0.483. The molecule has 3 aromatic rings. The Hall–Kier alpha value is -2.48. The van der Waals surface area contributed by atoms with E-state index in [9.17, 15) is 8.42 Å². The van der Waals surface area contributed by atoms with Crippen molar-refractivity contribution in [2.75, 3.05) is 11.9 Å². The van der Waals surface area contributed by atoms with Crippen molar-refractivity contribution < 1.29 is 8.42 Å². The first-order valence-corrected chi connectivity index (χ1v) is 11.4. The van der Waals surface area contributed by atoms with E-state index in [2.05, 4.69) is 15.3 Å². The van der Waals surface area contributed by atoms with Crippen LogP contribution in [0, 0.1) is 0 Å². The maximum absolute atomic E-state index is 13.1. The number of hydrogen-bond acceptors (Lipinski definition) is 5. The highest BCUT2D eigenvalue weighted by atomic mass is 35.5. The Balaban J connectivity index is 1.57. The number of rotatable bonds is 6. The fourth-order valence-electron chi connectivity index (χ4n) is 3.54. The Morgan fingerprint density at radius 1 is 1.03 bits per heavy atom. The van der Waals surface area contributed by atoms with Crippen LogP contribution in [0.25, 0.3) is 0 Å². The van der Waals surface area contributed by atoms with E-state index in [0.29, 0.717) is 28.8 Å². The first-order valence-electron chi connectivity index (χ1n) is 9.41. The number of nitrogens with zero attached hydrogens (tertiary/aromatic N) is 3. The number of aromatic nitrogens is 2. The summed E-state index contributed by atoms with van der Waals surface area (Å²) >= 11 is 6.18. The van der Waals surface area contributed by atoms with Gasteiger partial charge in [-0.1, -0.05) is 41.9 Å². The molecule has 1 fully saturated rings. The highest BCUT2D eigenvalue weighted by Gasteiger charge is 2.36. The molecule has 0 aliphatic carbocycles. The maximum atomic E-state index is 13.1. The molecule has 6 nitrogen and oxygen atoms in total. The third-order valence-electron chi connectivity index (χ3n) is 4.89. The van der Waals surface area contributed by atoms with Crippen molar-refractivity contribution in [2.45, 2.75) is 24.6 Å². The van der Waals surface area contributed by atoms with E-state index in [1.807, 2.05) is 36.4 Å². The molecule has 1 saturated heterocycles. The summed E-state index contributed by atoms with van der Waals surface area (Å²) in [5, 5.41) is 3.63. The molecule has 1 aliphatic heterocycles. The smallest absolute Gasteiger partial charge is 0.218 e. The van der Waals surface area contributed by atoms with E-state index in [0.717, 1.165) is 18.5 Å². The van der Waals surface area contributed by atoms with E-state index in [1.54, 1.807) is 34.8 Å². The van der Waals surface area contributed by atoms with Crippen LogP contribution in [0.4, 0.5) is 11.6 Å². The van der Waals surface area contributed by atoms with Crippen LogP contribution in [0.3, 0.4) is 0 Å². The number of anilines is 2. The van der Waals surface area contributed by atoms with Gasteiger partial charge in [-0.3, -0.25) is 0 Å². The molecule has 0 radical (unpaired) electrons. The predicted molar refractivity (Wildman–Crippen MR) is 115 cm³/mol. The lowest BCUT2D eigenvalue weighted by Gasteiger charge is -2.24. The van der Waals surface area contributed by atoms with Crippen molar-refractivity contribution in [3.05, 3.63) is 83.1 Å². The number of pyridine rings is 2. The molecule has 0 unspecified atom stereocenters. The lowest BCUT2D eigenvalue weighted by atomic mass is 10.1. The summed E-state index contributed by atoms with van der Waals surface area (Å²) in [4.78, 5) is 8.90. The van der Waals surface area contributed by atoms with Crippen LogP contribution in [0.1, 0.15) is 30.1 Å². The Morgan fingerprint density at radius 3 is 2.62 bits per heavy atom. The van der Waals surface area contributed by atoms with E-state index in [-0.39, 0.29) is 11.8 Å². The summed E-state index contributed by atoms with van der Waals surface area (Å²) in [5.41, 5.74) is 1.34. The van der Waals surface area contributed by atoms with Gasteiger partial charge in [0.2, 0.25) is 10.0 Å². The molecular formula is C21H21ClN4O2S. The fraction of sp³-hybridized carbons (Fsp3) is 0.238. The fourth-order valence-corrected chi connectivity index (χ4v) is 5.64. The molecule has 1 atom stereocenters. The zero-order valence-electron chi connectivity index (χ0n) is 15.7. The number of benzene rings is 1. The molecular weight excluding hydrogens is 408 g/mol. The second kappa shape index (κ2) is 8.49. The van der Waals surface area contributed by atoms with Crippen molar-refractivity contribution in [2.24, 2.45) is 0 Å². The van der Waals surface area contributed by atoms with Crippen molar-refractivity contribution >= 4 is 33.3 Å². The van der Waals surface area contributed by atoms with Gasteiger partial charge < -0.3 is 5.32 Å². The molecule has 4 rings (SSSR count). The summed E-state index contributed by atoms with van der Waals surface area (Å²) in [7, 11) is -3.53. The van der Waals surface area contributed by atoms with Crippen LogP contribution < -0.4 is 5.32 Å². The van der Waals surface area contributed by atoms with Gasteiger partial charge in [-0.25, -0.2) is 18.4 Å². The molecule has 150 valence electrons. The van der Waals surface area contributed by atoms with Crippen LogP contribution in [-0.2, 0) is 15.8 Å². The molecule has 0 spiro atoms. The number of nitrogens with one attached hydrogen (secondary N) is 1. The third-order valence-corrected chi connectivity index (χ3v) is 7.09. The second-order valence-electron chi connectivity index (χ2n) is 6.90. The van der Waals surface area contributed by atoms with Crippen LogP contribution in [0.15, 0.2) is 66.9 Å². The zero-order chi connectivity index (χ0) is 20.3. The summed E-state index contributed by atoms with van der Waals surface area (Å²) in [5.74, 6) is 1.21. The molecule has 1 aliphatic rings. The molecule has 8 heteroatoms. The van der Waals surface area contributed by atoms with Gasteiger partial charge in [-0.2, -0.15) is 4.31 Å². The second-order valence-corrected chi connectivity index (χ2v) is 9.23. The SMILES string of the molecule is O=S(=O)(Cc1ccccc1Cl)N1CCC[C@H]1c1cccc(Nc2ccccn2)n1. The first-order chi connectivity index (χ1) is 14.0. The Morgan fingerprint density at radius 2 is 1.83 bits per heavy atom. The number of sulfonamides is 1. The highest BCUT2D eigenvalue weighted by molar-refractivity contribution is 7.88. The molecule has 29 heavy (non-hydrogen) atoms. The number of hydrogen-bond donors (Lipinski definition) is 1. The van der Waals surface area contributed by atoms with Gasteiger partial charge in [0.25, 0.3) is 0 Å². The predicted octanol–water partition coefficient (Wildman–Crippen LogP) is 4.54. The highest BCUT2D eigenvalue weighted by Crippen LogP contribution is 2.35. The van der Waals surface area contributed by atoms with E-state index < -0.39 is 10.0 Å². The van der Waals surface area contributed by atoms with Gasteiger partial charge >= 0.3 is 0 Å². The molecule has 0 bridgehead atoms. The lowest BCUT2D eigenvalue weighted by molar-refractivity contribution is 0.390. The van der Waals surface area contributed by atoms with Crippen LogP contribution in [-0.4, -0.2) is 29.2 Å². The Bertz CT molecular complexity index is 1090. The lowest BCUT2D eigenvalue weighted by Crippen LogP contribution is -2.32. The topological polar surface area (TPSA) is 75.2 Å². The normalized spacial score (nSPS) is 17.3. The van der Waals surface area contributed by atoms with Gasteiger partial charge in [-0.05, 0) is 48.7 Å². The van der Waals surface area contributed by atoms with Crippen LogP contribution in [0.5, 0.6) is 0 Å². The quantitative estimate of drug-likeness (QED) is 0.623. The Kier molecular flexibility index (Phi) is 5.80. The molecule has 1 aromatic carbocycles. The molecule has 2 aromatic heterocycles. The third kappa shape index (κ3) is 4.58. The van der Waals surface area contributed by atoms with Gasteiger partial charge in [-0.15, -0.1) is 0 Å². The summed E-state index contributed by atoms with van der Waals surface area (Å²) in [6.07, 6.45) is 3.24. The number of halogens is 1. The average Bonchev–Trinajstić information content (AvgIpc) is 3.22. The minimum Gasteiger partial charge on any atom is -0.325 e. The van der Waals surface area contributed by atoms with Crippen molar-refractivity contribution in [1.29, 1.82) is 0 Å². The van der Waals surface area contributed by atoms with Crippen LogP contribution >= 0.6 is 11.6 Å². The largest absolute Gasteiger partial charge is 0.325 e. The van der Waals surface area contributed by atoms with E-state index in [1.165, 1.54) is 0 Å². The van der Waals surface area contributed by atoms with Gasteiger partial charge in [0.15, 0.2) is 0 Å². The average molecular weight is 429 g/mol. The van der Waals surface area contributed by atoms with Crippen LogP contribution in [0.2, 0.25) is 5.02 Å². The van der Waals surface area contributed by atoms with E-state index >= 15 is 0 Å². The summed E-state index contributed by atoms with van der Waals surface area (Å²) < 4.78 is 27.8. The maximum Gasteiger partial charge on any atom is 0.218 e. The van der Waals surface area contributed by atoms with Gasteiger partial charge in [0.1, 0.15) is 11.6 Å².